The monoisotopic (exact) mass is 411 g/mol. The maximum Gasteiger partial charge on any atom is 0.250 e. The number of furan rings is 1. The van der Waals surface area contributed by atoms with Crippen LogP contribution in [-0.4, -0.2) is 40.4 Å². The van der Waals surface area contributed by atoms with Crippen LogP contribution in [0.3, 0.4) is 0 Å². The average Bonchev–Trinajstić information content (AvgIpc) is 3.25. The molecule has 7 heteroatoms. The highest BCUT2D eigenvalue weighted by molar-refractivity contribution is 5.84. The summed E-state index contributed by atoms with van der Waals surface area (Å²) in [6.07, 6.45) is 4.65. The highest BCUT2D eigenvalue weighted by atomic mass is 16.3. The molecule has 0 spiro atoms. The number of nitrogens with one attached hydrogen (secondary N) is 1. The fourth-order valence-corrected chi connectivity index (χ4v) is 4.71. The summed E-state index contributed by atoms with van der Waals surface area (Å²) in [7, 11) is 0. The number of hydrogen-bond acceptors (Lipinski definition) is 4. The summed E-state index contributed by atoms with van der Waals surface area (Å²) in [5, 5.41) is 2.97. The SMILES string of the molecule is CC(CCc1ccco1)NC(=O)CCC(=O)N1C[C@H]2C[C@@H](C1)c1cccc(=O)n1C2. The van der Waals surface area contributed by atoms with Crippen LogP contribution in [0.1, 0.15) is 50.0 Å². The van der Waals surface area contributed by atoms with Gasteiger partial charge in [0, 0.05) is 62.6 Å². The lowest BCUT2D eigenvalue weighted by Crippen LogP contribution is -2.49. The van der Waals surface area contributed by atoms with Crippen LogP contribution >= 0.6 is 0 Å². The average molecular weight is 412 g/mol. The third-order valence-electron chi connectivity index (χ3n) is 6.21. The summed E-state index contributed by atoms with van der Waals surface area (Å²) in [5.41, 5.74) is 1.07. The zero-order valence-corrected chi connectivity index (χ0v) is 17.4. The van der Waals surface area contributed by atoms with E-state index in [0.29, 0.717) is 25.6 Å². The molecule has 1 saturated heterocycles. The molecule has 4 rings (SSSR count). The van der Waals surface area contributed by atoms with Gasteiger partial charge in [0.25, 0.3) is 5.56 Å². The highest BCUT2D eigenvalue weighted by Crippen LogP contribution is 2.35. The standard InChI is InChI=1S/C23H29N3O4/c1-16(7-8-19-4-3-11-30-19)24-21(27)9-10-22(28)25-13-17-12-18(15-25)20-5-2-6-23(29)26(20)14-17/h2-6,11,16-18H,7-10,12-15H2,1H3,(H,24,27)/t16?,17-,18+/m1/s1. The molecule has 1 fully saturated rings. The molecule has 0 radical (unpaired) electrons. The first kappa shape index (κ1) is 20.4. The van der Waals surface area contributed by atoms with Crippen molar-refractivity contribution >= 4 is 11.8 Å². The number of fused-ring (bicyclic) bond motifs is 4. The van der Waals surface area contributed by atoms with E-state index in [1.807, 2.05) is 34.6 Å². The summed E-state index contributed by atoms with van der Waals surface area (Å²) in [6.45, 7) is 3.92. The molecule has 2 aliphatic rings. The second-order valence-corrected chi connectivity index (χ2v) is 8.58. The first-order valence-corrected chi connectivity index (χ1v) is 10.8. The van der Waals surface area contributed by atoms with Crippen molar-refractivity contribution in [3.05, 3.63) is 58.4 Å². The summed E-state index contributed by atoms with van der Waals surface area (Å²) in [5.74, 6) is 1.34. The minimum atomic E-state index is -0.0932. The number of piperidine rings is 1. The minimum absolute atomic E-state index is 0.0230. The molecular weight excluding hydrogens is 382 g/mol. The van der Waals surface area contributed by atoms with Crippen molar-refractivity contribution in [1.82, 2.24) is 14.8 Å². The molecule has 2 bridgehead atoms. The van der Waals surface area contributed by atoms with Crippen molar-refractivity contribution in [2.75, 3.05) is 13.1 Å². The van der Waals surface area contributed by atoms with Crippen LogP contribution < -0.4 is 10.9 Å². The maximum atomic E-state index is 12.7. The predicted octanol–water partition coefficient (Wildman–Crippen LogP) is 2.30. The molecule has 3 atom stereocenters. The number of pyridine rings is 1. The Labute approximate surface area is 176 Å². The van der Waals surface area contributed by atoms with Gasteiger partial charge in [-0.25, -0.2) is 0 Å². The molecule has 0 aliphatic carbocycles. The summed E-state index contributed by atoms with van der Waals surface area (Å²) >= 11 is 0. The molecule has 30 heavy (non-hydrogen) atoms. The number of carbonyl (C=O) groups is 2. The smallest absolute Gasteiger partial charge is 0.250 e. The van der Waals surface area contributed by atoms with Gasteiger partial charge in [-0.05, 0) is 43.9 Å². The molecule has 7 nitrogen and oxygen atoms in total. The molecular formula is C23H29N3O4. The number of likely N-dealkylation sites (tertiary alicyclic amines) is 1. The van der Waals surface area contributed by atoms with Gasteiger partial charge in [-0.2, -0.15) is 0 Å². The van der Waals surface area contributed by atoms with Crippen LogP contribution in [0, 0.1) is 5.92 Å². The van der Waals surface area contributed by atoms with Crippen LogP contribution in [0.4, 0.5) is 0 Å². The largest absolute Gasteiger partial charge is 0.469 e. The van der Waals surface area contributed by atoms with Crippen molar-refractivity contribution in [2.24, 2.45) is 5.92 Å². The van der Waals surface area contributed by atoms with Crippen LogP contribution in [0.25, 0.3) is 0 Å². The summed E-state index contributed by atoms with van der Waals surface area (Å²) < 4.78 is 7.17. The summed E-state index contributed by atoms with van der Waals surface area (Å²) in [4.78, 5) is 39.0. The van der Waals surface area contributed by atoms with Gasteiger partial charge in [0.2, 0.25) is 11.8 Å². The van der Waals surface area contributed by atoms with Crippen molar-refractivity contribution in [1.29, 1.82) is 0 Å². The van der Waals surface area contributed by atoms with Crippen LogP contribution in [0.5, 0.6) is 0 Å². The van der Waals surface area contributed by atoms with E-state index < -0.39 is 0 Å². The zero-order valence-electron chi connectivity index (χ0n) is 17.4. The van der Waals surface area contributed by atoms with E-state index >= 15 is 0 Å². The second-order valence-electron chi connectivity index (χ2n) is 8.58. The van der Waals surface area contributed by atoms with Crippen molar-refractivity contribution in [3.8, 4) is 0 Å². The van der Waals surface area contributed by atoms with E-state index in [-0.39, 0.29) is 42.2 Å². The van der Waals surface area contributed by atoms with Crippen LogP contribution in [0.15, 0.2) is 45.8 Å². The van der Waals surface area contributed by atoms with E-state index in [1.54, 1.807) is 18.4 Å². The third-order valence-corrected chi connectivity index (χ3v) is 6.21. The van der Waals surface area contributed by atoms with Crippen molar-refractivity contribution in [3.63, 3.8) is 0 Å². The number of nitrogens with zero attached hydrogens (tertiary/aromatic N) is 2. The van der Waals surface area contributed by atoms with Crippen molar-refractivity contribution in [2.45, 2.75) is 57.5 Å². The van der Waals surface area contributed by atoms with Gasteiger partial charge >= 0.3 is 0 Å². The van der Waals surface area contributed by atoms with Gasteiger partial charge in [-0.3, -0.25) is 14.4 Å². The Balaban J connectivity index is 1.24. The first-order valence-electron chi connectivity index (χ1n) is 10.8. The molecule has 2 amide bonds. The van der Waals surface area contributed by atoms with Crippen molar-refractivity contribution < 1.29 is 14.0 Å². The molecule has 2 aliphatic heterocycles. The van der Waals surface area contributed by atoms with Gasteiger partial charge in [0.15, 0.2) is 0 Å². The molecule has 2 aromatic heterocycles. The molecule has 1 N–H and O–H groups in total. The molecule has 1 unspecified atom stereocenters. The number of hydrogen-bond donors (Lipinski definition) is 1. The number of aromatic nitrogens is 1. The Morgan fingerprint density at radius 1 is 1.17 bits per heavy atom. The lowest BCUT2D eigenvalue weighted by Gasteiger charge is -2.42. The van der Waals surface area contributed by atoms with Crippen LogP contribution in [0.2, 0.25) is 0 Å². The van der Waals surface area contributed by atoms with Gasteiger partial charge in [-0.1, -0.05) is 6.07 Å². The van der Waals surface area contributed by atoms with Crippen LogP contribution in [-0.2, 0) is 22.6 Å². The van der Waals surface area contributed by atoms with E-state index in [0.717, 1.165) is 30.7 Å². The molecule has 0 saturated carbocycles. The van der Waals surface area contributed by atoms with Gasteiger partial charge in [0.1, 0.15) is 5.76 Å². The topological polar surface area (TPSA) is 84.6 Å². The Morgan fingerprint density at radius 3 is 2.83 bits per heavy atom. The lowest BCUT2D eigenvalue weighted by atomic mass is 9.83. The number of rotatable bonds is 7. The van der Waals surface area contributed by atoms with E-state index in [2.05, 4.69) is 5.32 Å². The zero-order chi connectivity index (χ0) is 21.1. The Morgan fingerprint density at radius 2 is 2.03 bits per heavy atom. The third kappa shape index (κ3) is 4.66. The molecule has 2 aromatic rings. The van der Waals surface area contributed by atoms with E-state index in [9.17, 15) is 14.4 Å². The van der Waals surface area contributed by atoms with Gasteiger partial charge < -0.3 is 19.2 Å². The molecule has 160 valence electrons. The van der Waals surface area contributed by atoms with E-state index in [4.69, 9.17) is 4.42 Å². The minimum Gasteiger partial charge on any atom is -0.469 e. The summed E-state index contributed by atoms with van der Waals surface area (Å²) in [6, 6.07) is 9.20. The van der Waals surface area contributed by atoms with Gasteiger partial charge in [-0.15, -0.1) is 0 Å². The normalized spacial score (nSPS) is 21.0. The molecule has 4 heterocycles. The fraction of sp³-hybridized carbons (Fsp3) is 0.522. The number of aryl methyl sites for hydroxylation is 1. The Kier molecular flexibility index (Phi) is 6.06. The highest BCUT2D eigenvalue weighted by Gasteiger charge is 2.36. The van der Waals surface area contributed by atoms with E-state index in [1.165, 1.54) is 0 Å². The first-order chi connectivity index (χ1) is 14.5. The maximum absolute atomic E-state index is 12.7. The predicted molar refractivity (Wildman–Crippen MR) is 112 cm³/mol. The lowest BCUT2D eigenvalue weighted by molar-refractivity contribution is -0.136. The fourth-order valence-electron chi connectivity index (χ4n) is 4.71. The number of carbonyl (C=O) groups excluding carboxylic acids is 2. The second kappa shape index (κ2) is 8.90. The quantitative estimate of drug-likeness (QED) is 0.758. The van der Waals surface area contributed by atoms with Gasteiger partial charge in [0.05, 0.1) is 6.26 Å². The Hall–Kier alpha value is -2.83. The molecule has 0 aromatic carbocycles. The Bertz CT molecular complexity index is 950. The number of amides is 2.